The van der Waals surface area contributed by atoms with Crippen molar-refractivity contribution in [3.8, 4) is 0 Å². The van der Waals surface area contributed by atoms with Crippen LogP contribution in [0.1, 0.15) is 32.3 Å². The minimum absolute atomic E-state index is 0.418. The molecule has 1 aromatic carbocycles. The Balaban J connectivity index is 1.89. The molecule has 1 fully saturated rings. The first kappa shape index (κ1) is 20.7. The molecule has 0 radical (unpaired) electrons. The minimum Gasteiger partial charge on any atom is -0.454 e. The van der Waals surface area contributed by atoms with Gasteiger partial charge in [0.25, 0.3) is 11.8 Å². The summed E-state index contributed by atoms with van der Waals surface area (Å²) in [6.07, 6.45) is 0.835. The van der Waals surface area contributed by atoms with Gasteiger partial charge in [-0.1, -0.05) is 31.5 Å². The first-order valence-corrected chi connectivity index (χ1v) is 8.96. The number of carbonyl (C=O) groups excluding carboxylic acids is 4. The van der Waals surface area contributed by atoms with E-state index in [4.69, 9.17) is 16.3 Å². The van der Waals surface area contributed by atoms with E-state index in [2.05, 4.69) is 10.6 Å². The van der Waals surface area contributed by atoms with Crippen molar-refractivity contribution in [3.05, 3.63) is 28.8 Å². The molecule has 0 aliphatic carbocycles. The number of halogens is 1. The smallest absolute Gasteiger partial charge is 0.326 e. The van der Waals surface area contributed by atoms with Gasteiger partial charge in [-0.2, -0.15) is 0 Å². The standard InChI is InChI=1S/C18H22ClN3O5/c1-4-18(5-2)16(25)22(17(26)21-18)9-15(24)27-10-14(23)20-13-8-12(19)7-6-11(13)3/h6-8H,4-5,9-10H2,1-3H3,(H,20,23)(H,21,26). The van der Waals surface area contributed by atoms with Crippen molar-refractivity contribution >= 4 is 41.1 Å². The highest BCUT2D eigenvalue weighted by Crippen LogP contribution is 2.24. The number of rotatable bonds is 7. The van der Waals surface area contributed by atoms with E-state index < -0.39 is 42.5 Å². The van der Waals surface area contributed by atoms with Crippen LogP contribution in [0, 0.1) is 6.92 Å². The lowest BCUT2D eigenvalue weighted by Crippen LogP contribution is -2.46. The lowest BCUT2D eigenvalue weighted by molar-refractivity contribution is -0.150. The quantitative estimate of drug-likeness (QED) is 0.544. The molecule has 1 saturated heterocycles. The zero-order valence-electron chi connectivity index (χ0n) is 15.4. The Bertz CT molecular complexity index is 776. The molecule has 146 valence electrons. The van der Waals surface area contributed by atoms with Gasteiger partial charge in [0.15, 0.2) is 6.61 Å². The molecule has 0 atom stereocenters. The predicted octanol–water partition coefficient (Wildman–Crippen LogP) is 2.24. The van der Waals surface area contributed by atoms with Gasteiger partial charge in [0.05, 0.1) is 0 Å². The van der Waals surface area contributed by atoms with Crippen LogP contribution < -0.4 is 10.6 Å². The fourth-order valence-corrected chi connectivity index (χ4v) is 2.96. The van der Waals surface area contributed by atoms with Gasteiger partial charge in [0, 0.05) is 10.7 Å². The van der Waals surface area contributed by atoms with E-state index >= 15 is 0 Å². The van der Waals surface area contributed by atoms with Crippen LogP contribution in [0.15, 0.2) is 18.2 Å². The molecule has 27 heavy (non-hydrogen) atoms. The van der Waals surface area contributed by atoms with Gasteiger partial charge < -0.3 is 15.4 Å². The number of nitrogens with one attached hydrogen (secondary N) is 2. The SMILES string of the molecule is CCC1(CC)NC(=O)N(CC(=O)OCC(=O)Nc2cc(Cl)ccc2C)C1=O. The van der Waals surface area contributed by atoms with E-state index in [0.29, 0.717) is 23.6 Å². The summed E-state index contributed by atoms with van der Waals surface area (Å²) < 4.78 is 4.88. The average molecular weight is 396 g/mol. The zero-order chi connectivity index (χ0) is 20.2. The molecule has 0 saturated carbocycles. The molecule has 1 aliphatic rings. The number of hydrogen-bond acceptors (Lipinski definition) is 5. The average Bonchev–Trinajstić information content (AvgIpc) is 2.87. The number of benzene rings is 1. The maximum atomic E-state index is 12.4. The molecule has 4 amide bonds. The normalized spacial score (nSPS) is 15.5. The van der Waals surface area contributed by atoms with Crippen molar-refractivity contribution in [1.82, 2.24) is 10.2 Å². The predicted molar refractivity (Wildman–Crippen MR) is 99.3 cm³/mol. The molecule has 8 nitrogen and oxygen atoms in total. The van der Waals surface area contributed by atoms with Crippen LogP contribution in [-0.4, -0.2) is 47.4 Å². The monoisotopic (exact) mass is 395 g/mol. The zero-order valence-corrected chi connectivity index (χ0v) is 16.2. The summed E-state index contributed by atoms with van der Waals surface area (Å²) in [4.78, 5) is 49.1. The van der Waals surface area contributed by atoms with Crippen molar-refractivity contribution in [2.24, 2.45) is 0 Å². The highest BCUT2D eigenvalue weighted by atomic mass is 35.5. The Morgan fingerprint density at radius 2 is 1.93 bits per heavy atom. The Morgan fingerprint density at radius 3 is 2.52 bits per heavy atom. The van der Waals surface area contributed by atoms with Gasteiger partial charge in [0.1, 0.15) is 12.1 Å². The molecule has 0 spiro atoms. The number of carbonyl (C=O) groups is 4. The number of imide groups is 1. The molecule has 2 N–H and O–H groups in total. The number of esters is 1. The molecule has 0 aromatic heterocycles. The molecule has 9 heteroatoms. The Kier molecular flexibility index (Phi) is 6.43. The molecular formula is C18H22ClN3O5. The summed E-state index contributed by atoms with van der Waals surface area (Å²) in [6.45, 7) is 4.28. The molecule has 2 rings (SSSR count). The number of amides is 4. The summed E-state index contributed by atoms with van der Waals surface area (Å²) in [7, 11) is 0. The number of ether oxygens (including phenoxy) is 1. The summed E-state index contributed by atoms with van der Waals surface area (Å²) in [6, 6.07) is 4.38. The van der Waals surface area contributed by atoms with Gasteiger partial charge >= 0.3 is 12.0 Å². The van der Waals surface area contributed by atoms with Crippen LogP contribution in [-0.2, 0) is 19.1 Å². The van der Waals surface area contributed by atoms with Crippen molar-refractivity contribution in [3.63, 3.8) is 0 Å². The molecule has 1 heterocycles. The van der Waals surface area contributed by atoms with Crippen LogP contribution in [0.2, 0.25) is 5.02 Å². The molecule has 1 aliphatic heterocycles. The van der Waals surface area contributed by atoms with Crippen molar-refractivity contribution in [1.29, 1.82) is 0 Å². The van der Waals surface area contributed by atoms with Crippen molar-refractivity contribution < 1.29 is 23.9 Å². The fraction of sp³-hybridized carbons (Fsp3) is 0.444. The van der Waals surface area contributed by atoms with Crippen molar-refractivity contribution in [2.75, 3.05) is 18.5 Å². The number of nitrogens with zero attached hydrogens (tertiary/aromatic N) is 1. The van der Waals surface area contributed by atoms with Crippen LogP contribution in [0.4, 0.5) is 10.5 Å². The lowest BCUT2D eigenvalue weighted by atomic mass is 9.93. The largest absolute Gasteiger partial charge is 0.454 e. The third-order valence-corrected chi connectivity index (χ3v) is 4.81. The second-order valence-corrected chi connectivity index (χ2v) is 6.72. The van der Waals surface area contributed by atoms with E-state index in [1.165, 1.54) is 0 Å². The maximum absolute atomic E-state index is 12.4. The van der Waals surface area contributed by atoms with Gasteiger partial charge in [-0.15, -0.1) is 0 Å². The second kappa shape index (κ2) is 8.39. The minimum atomic E-state index is -0.987. The van der Waals surface area contributed by atoms with Crippen LogP contribution in [0.5, 0.6) is 0 Å². The van der Waals surface area contributed by atoms with Gasteiger partial charge in [-0.3, -0.25) is 19.3 Å². The Hall–Kier alpha value is -2.61. The number of aryl methyl sites for hydroxylation is 1. The van der Waals surface area contributed by atoms with E-state index in [1.807, 2.05) is 0 Å². The summed E-state index contributed by atoms with van der Waals surface area (Å²) in [5.41, 5.74) is 0.320. The second-order valence-electron chi connectivity index (χ2n) is 6.28. The van der Waals surface area contributed by atoms with E-state index in [1.54, 1.807) is 39.0 Å². The first-order valence-electron chi connectivity index (χ1n) is 8.58. The Labute approximate surface area is 162 Å². The van der Waals surface area contributed by atoms with Crippen LogP contribution in [0.3, 0.4) is 0 Å². The molecule has 1 aromatic rings. The summed E-state index contributed by atoms with van der Waals surface area (Å²) in [5.74, 6) is -1.87. The highest BCUT2D eigenvalue weighted by Gasteiger charge is 2.49. The number of urea groups is 1. The summed E-state index contributed by atoms with van der Waals surface area (Å²) in [5, 5.41) is 5.67. The molecule has 0 unspecified atom stereocenters. The van der Waals surface area contributed by atoms with E-state index in [-0.39, 0.29) is 0 Å². The van der Waals surface area contributed by atoms with E-state index in [9.17, 15) is 19.2 Å². The summed E-state index contributed by atoms with van der Waals surface area (Å²) >= 11 is 5.89. The maximum Gasteiger partial charge on any atom is 0.326 e. The number of hydrogen-bond donors (Lipinski definition) is 2. The van der Waals surface area contributed by atoms with Gasteiger partial charge in [0.2, 0.25) is 0 Å². The fourth-order valence-electron chi connectivity index (χ4n) is 2.79. The Morgan fingerprint density at radius 1 is 1.26 bits per heavy atom. The third kappa shape index (κ3) is 4.57. The van der Waals surface area contributed by atoms with Gasteiger partial charge in [-0.05, 0) is 37.5 Å². The molecule has 0 bridgehead atoms. The first-order chi connectivity index (χ1) is 12.7. The van der Waals surface area contributed by atoms with Crippen LogP contribution >= 0.6 is 11.6 Å². The highest BCUT2D eigenvalue weighted by molar-refractivity contribution is 6.31. The molecular weight excluding hydrogens is 374 g/mol. The lowest BCUT2D eigenvalue weighted by Gasteiger charge is -2.22. The van der Waals surface area contributed by atoms with Crippen LogP contribution in [0.25, 0.3) is 0 Å². The number of anilines is 1. The van der Waals surface area contributed by atoms with E-state index in [0.717, 1.165) is 10.5 Å². The topological polar surface area (TPSA) is 105 Å². The third-order valence-electron chi connectivity index (χ3n) is 4.58. The van der Waals surface area contributed by atoms with Crippen molar-refractivity contribution in [2.45, 2.75) is 39.2 Å². The van der Waals surface area contributed by atoms with Gasteiger partial charge in [-0.25, -0.2) is 4.79 Å².